The molecule has 1 aliphatic heterocycles. The van der Waals surface area contributed by atoms with E-state index in [0.29, 0.717) is 13.0 Å². The molecule has 0 aromatic carbocycles. The Morgan fingerprint density at radius 2 is 2.04 bits per heavy atom. The first-order valence-corrected chi connectivity index (χ1v) is 9.17. The molecule has 1 rings (SSSR count). The molecule has 0 aromatic heterocycles. The van der Waals surface area contributed by atoms with Crippen LogP contribution in [-0.2, 0) is 9.47 Å². The molecule has 1 amide bonds. The number of carbonyl (C=O) groups is 1. The third-order valence-corrected chi connectivity index (χ3v) is 4.71. The van der Waals surface area contributed by atoms with Gasteiger partial charge in [-0.3, -0.25) is 0 Å². The predicted octanol–water partition coefficient (Wildman–Crippen LogP) is 4.16. The number of amides is 1. The predicted molar refractivity (Wildman–Crippen MR) is 96.1 cm³/mol. The van der Waals surface area contributed by atoms with E-state index in [1.807, 2.05) is 20.8 Å². The Hall–Kier alpha value is -1.32. The number of ether oxygens (including phenoxy) is 2. The summed E-state index contributed by atoms with van der Waals surface area (Å²) < 4.78 is 11.5. The van der Waals surface area contributed by atoms with E-state index in [4.69, 9.17) is 14.6 Å². The van der Waals surface area contributed by atoms with Crippen LogP contribution >= 0.6 is 0 Å². The Kier molecular flexibility index (Phi) is 8.17. The van der Waals surface area contributed by atoms with Gasteiger partial charge in [-0.2, -0.15) is 5.26 Å². The van der Waals surface area contributed by atoms with Gasteiger partial charge in [-0.25, -0.2) is 4.79 Å². The summed E-state index contributed by atoms with van der Waals surface area (Å²) in [6, 6.07) is 1.89. The molecule has 3 atom stereocenters. The molecule has 6 heteroatoms. The molecular formula is C19H34N2O4. The molecule has 0 spiro atoms. The zero-order valence-electron chi connectivity index (χ0n) is 16.3. The zero-order valence-corrected chi connectivity index (χ0v) is 16.3. The van der Waals surface area contributed by atoms with E-state index in [1.165, 1.54) is 0 Å². The summed E-state index contributed by atoms with van der Waals surface area (Å²) >= 11 is 0. The van der Waals surface area contributed by atoms with Gasteiger partial charge in [0.2, 0.25) is 0 Å². The quantitative estimate of drug-likeness (QED) is 0.683. The van der Waals surface area contributed by atoms with E-state index in [2.05, 4.69) is 25.2 Å². The van der Waals surface area contributed by atoms with Crippen LogP contribution in [0.4, 0.5) is 4.79 Å². The molecular weight excluding hydrogens is 320 g/mol. The van der Waals surface area contributed by atoms with Crippen molar-refractivity contribution in [2.75, 3.05) is 13.2 Å². The van der Waals surface area contributed by atoms with Crippen molar-refractivity contribution in [2.45, 2.75) is 79.1 Å². The van der Waals surface area contributed by atoms with E-state index in [0.717, 1.165) is 32.3 Å². The van der Waals surface area contributed by atoms with E-state index in [-0.39, 0.29) is 23.0 Å². The van der Waals surface area contributed by atoms with Crippen molar-refractivity contribution < 1.29 is 19.4 Å². The van der Waals surface area contributed by atoms with E-state index in [9.17, 15) is 10.1 Å². The minimum atomic E-state index is -1.09. The molecule has 1 aliphatic rings. The second kappa shape index (κ2) is 9.40. The highest BCUT2D eigenvalue weighted by atomic mass is 16.7. The van der Waals surface area contributed by atoms with Crippen molar-refractivity contribution in [3.05, 3.63) is 0 Å². The molecule has 0 aromatic rings. The molecule has 6 nitrogen and oxygen atoms in total. The van der Waals surface area contributed by atoms with Gasteiger partial charge < -0.3 is 19.9 Å². The molecule has 0 radical (unpaired) electrons. The summed E-state index contributed by atoms with van der Waals surface area (Å²) in [5, 5.41) is 21.2. The normalized spacial score (nSPS) is 21.2. The molecule has 25 heavy (non-hydrogen) atoms. The van der Waals surface area contributed by atoms with Crippen LogP contribution in [0.1, 0.15) is 66.7 Å². The van der Waals surface area contributed by atoms with Gasteiger partial charge in [-0.1, -0.05) is 34.6 Å². The van der Waals surface area contributed by atoms with Crippen LogP contribution < -0.4 is 5.32 Å². The largest absolute Gasteiger partial charge is 0.465 e. The van der Waals surface area contributed by atoms with Gasteiger partial charge in [-0.15, -0.1) is 0 Å². The molecule has 1 heterocycles. The van der Waals surface area contributed by atoms with Gasteiger partial charge in [0.25, 0.3) is 0 Å². The lowest BCUT2D eigenvalue weighted by atomic mass is 9.75. The molecule has 2 N–H and O–H groups in total. The maximum atomic E-state index is 11.1. The van der Waals surface area contributed by atoms with Gasteiger partial charge >= 0.3 is 6.09 Å². The molecule has 0 bridgehead atoms. The standard InChI is InChI=1S/C19H34N2O4/c1-18(2,3)16(21-17(22)23)14(12-20)9-10-19(4,5)13-25-15-8-6-7-11-24-15/h14-16,21H,6-11,13H2,1-5H3,(H,22,23). The third-order valence-electron chi connectivity index (χ3n) is 4.71. The highest BCUT2D eigenvalue weighted by molar-refractivity contribution is 5.65. The fourth-order valence-corrected chi connectivity index (χ4v) is 3.14. The van der Waals surface area contributed by atoms with Crippen LogP contribution in [0.5, 0.6) is 0 Å². The Bertz CT molecular complexity index is 459. The highest BCUT2D eigenvalue weighted by Crippen LogP contribution is 2.32. The molecule has 3 unspecified atom stereocenters. The van der Waals surface area contributed by atoms with Crippen LogP contribution in [0.3, 0.4) is 0 Å². The van der Waals surface area contributed by atoms with Gasteiger partial charge in [-0.05, 0) is 42.9 Å². The lowest BCUT2D eigenvalue weighted by Gasteiger charge is -2.35. The van der Waals surface area contributed by atoms with Crippen molar-refractivity contribution in [1.82, 2.24) is 5.32 Å². The lowest BCUT2D eigenvalue weighted by Crippen LogP contribution is -2.48. The Labute approximate surface area is 151 Å². The van der Waals surface area contributed by atoms with Crippen LogP contribution in [-0.4, -0.2) is 36.7 Å². The van der Waals surface area contributed by atoms with Crippen LogP contribution in [0.15, 0.2) is 0 Å². The topological polar surface area (TPSA) is 91.6 Å². The monoisotopic (exact) mass is 354 g/mol. The fraction of sp³-hybridized carbons (Fsp3) is 0.895. The lowest BCUT2D eigenvalue weighted by molar-refractivity contribution is -0.176. The minimum Gasteiger partial charge on any atom is -0.465 e. The van der Waals surface area contributed by atoms with Crippen LogP contribution in [0.25, 0.3) is 0 Å². The number of carboxylic acid groups (broad SMARTS) is 1. The Balaban J connectivity index is 2.57. The average Bonchev–Trinajstić information content (AvgIpc) is 2.52. The Morgan fingerprint density at radius 3 is 2.52 bits per heavy atom. The summed E-state index contributed by atoms with van der Waals surface area (Å²) in [4.78, 5) is 11.1. The van der Waals surface area contributed by atoms with Gasteiger partial charge in [0.1, 0.15) is 0 Å². The Morgan fingerprint density at radius 1 is 1.36 bits per heavy atom. The molecule has 0 aliphatic carbocycles. The fourth-order valence-electron chi connectivity index (χ4n) is 3.14. The molecule has 0 saturated carbocycles. The van der Waals surface area contributed by atoms with Gasteiger partial charge in [0.15, 0.2) is 6.29 Å². The summed E-state index contributed by atoms with van der Waals surface area (Å²) in [7, 11) is 0. The summed E-state index contributed by atoms with van der Waals surface area (Å²) in [5.74, 6) is -0.374. The van der Waals surface area contributed by atoms with Crippen molar-refractivity contribution in [1.29, 1.82) is 5.26 Å². The first-order chi connectivity index (χ1) is 11.5. The molecule has 1 saturated heterocycles. The molecule has 1 fully saturated rings. The van der Waals surface area contributed by atoms with Crippen LogP contribution in [0.2, 0.25) is 0 Å². The summed E-state index contributed by atoms with van der Waals surface area (Å²) in [6.07, 6.45) is 3.37. The second-order valence-corrected chi connectivity index (χ2v) is 8.84. The van der Waals surface area contributed by atoms with Gasteiger partial charge in [0.05, 0.1) is 24.6 Å². The van der Waals surface area contributed by atoms with E-state index in [1.54, 1.807) is 0 Å². The van der Waals surface area contributed by atoms with Crippen molar-refractivity contribution in [3.63, 3.8) is 0 Å². The number of nitrogens with zero attached hydrogens (tertiary/aromatic N) is 1. The van der Waals surface area contributed by atoms with E-state index < -0.39 is 12.1 Å². The summed E-state index contributed by atoms with van der Waals surface area (Å²) in [6.45, 7) is 11.4. The number of rotatable bonds is 8. The van der Waals surface area contributed by atoms with Crippen LogP contribution in [0, 0.1) is 28.1 Å². The number of nitriles is 1. The average molecular weight is 354 g/mol. The zero-order chi connectivity index (χ0) is 19.1. The van der Waals surface area contributed by atoms with Gasteiger partial charge in [0, 0.05) is 6.61 Å². The van der Waals surface area contributed by atoms with Crippen molar-refractivity contribution in [3.8, 4) is 6.07 Å². The van der Waals surface area contributed by atoms with Crippen molar-refractivity contribution in [2.24, 2.45) is 16.7 Å². The maximum absolute atomic E-state index is 11.1. The SMILES string of the molecule is CC(C)(CCC(C#N)C(NC(=O)O)C(C)(C)C)COC1CCCCO1. The maximum Gasteiger partial charge on any atom is 0.404 e. The number of hydrogen-bond acceptors (Lipinski definition) is 4. The highest BCUT2D eigenvalue weighted by Gasteiger charge is 2.35. The summed E-state index contributed by atoms with van der Waals surface area (Å²) in [5.41, 5.74) is -0.420. The number of hydrogen-bond donors (Lipinski definition) is 2. The first-order valence-electron chi connectivity index (χ1n) is 9.17. The van der Waals surface area contributed by atoms with Crippen molar-refractivity contribution >= 4 is 6.09 Å². The number of nitrogens with one attached hydrogen (secondary N) is 1. The first kappa shape index (κ1) is 21.7. The molecule has 144 valence electrons. The van der Waals surface area contributed by atoms with E-state index >= 15 is 0 Å². The smallest absolute Gasteiger partial charge is 0.404 e. The second-order valence-electron chi connectivity index (χ2n) is 8.84. The minimum absolute atomic E-state index is 0.0957. The third kappa shape index (κ3) is 8.06.